The van der Waals surface area contributed by atoms with Gasteiger partial charge in [0, 0.05) is 18.0 Å². The summed E-state index contributed by atoms with van der Waals surface area (Å²) in [6.07, 6.45) is 3.83. The fourth-order valence-corrected chi connectivity index (χ4v) is 2.17. The van der Waals surface area contributed by atoms with Crippen molar-refractivity contribution in [1.29, 1.82) is 0 Å². The Kier molecular flexibility index (Phi) is 5.80. The van der Waals surface area contributed by atoms with E-state index in [0.29, 0.717) is 0 Å². The summed E-state index contributed by atoms with van der Waals surface area (Å²) >= 11 is 0. The molecule has 0 atom stereocenters. The zero-order valence-electron chi connectivity index (χ0n) is 12.6. The second-order valence-corrected chi connectivity index (χ2v) is 4.29. The maximum Gasteiger partial charge on any atom is 0.338 e. The van der Waals surface area contributed by atoms with E-state index in [1.807, 2.05) is 0 Å². The Morgan fingerprint density at radius 2 is 1.77 bits per heavy atom. The number of rotatable bonds is 6. The van der Waals surface area contributed by atoms with Crippen LogP contribution in [0.4, 0.5) is 0 Å². The molecule has 0 aliphatic rings. The van der Waals surface area contributed by atoms with Crippen LogP contribution in [0.3, 0.4) is 0 Å². The minimum absolute atomic E-state index is 0.0233. The number of allylic oxidation sites excluding steroid dienone is 1. The summed E-state index contributed by atoms with van der Waals surface area (Å²) in [5.41, 5.74) is -1.81. The fourth-order valence-electron chi connectivity index (χ4n) is 2.17. The van der Waals surface area contributed by atoms with Gasteiger partial charge < -0.3 is 14.2 Å². The molecule has 0 fully saturated rings. The largest absolute Gasteiger partial charge is 0.468 e. The van der Waals surface area contributed by atoms with Crippen molar-refractivity contribution in [3.63, 3.8) is 0 Å². The van der Waals surface area contributed by atoms with Gasteiger partial charge in [-0.3, -0.25) is 14.6 Å². The molecule has 22 heavy (non-hydrogen) atoms. The van der Waals surface area contributed by atoms with Crippen molar-refractivity contribution < 1.29 is 28.6 Å². The molecular formula is C15H17NO6. The van der Waals surface area contributed by atoms with E-state index in [1.54, 1.807) is 0 Å². The predicted octanol–water partition coefficient (Wildman–Crippen LogP) is 1.03. The van der Waals surface area contributed by atoms with Gasteiger partial charge in [0.1, 0.15) is 0 Å². The highest BCUT2D eigenvalue weighted by atomic mass is 16.5. The van der Waals surface area contributed by atoms with E-state index in [9.17, 15) is 14.4 Å². The second kappa shape index (κ2) is 7.35. The highest BCUT2D eigenvalue weighted by Crippen LogP contribution is 2.34. The summed E-state index contributed by atoms with van der Waals surface area (Å²) in [4.78, 5) is 40.5. The molecule has 0 radical (unpaired) electrons. The van der Waals surface area contributed by atoms with E-state index in [-0.39, 0.29) is 17.5 Å². The van der Waals surface area contributed by atoms with Gasteiger partial charge in [0.25, 0.3) is 0 Å². The lowest BCUT2D eigenvalue weighted by Crippen LogP contribution is -2.46. The number of hydrogen-bond donors (Lipinski definition) is 0. The van der Waals surface area contributed by atoms with E-state index < -0.39 is 23.3 Å². The first-order valence-electron chi connectivity index (χ1n) is 6.30. The molecule has 0 spiro atoms. The number of carbonyl (C=O) groups is 3. The van der Waals surface area contributed by atoms with Gasteiger partial charge in [-0.2, -0.15) is 0 Å². The molecule has 7 heteroatoms. The van der Waals surface area contributed by atoms with Crippen molar-refractivity contribution in [3.05, 3.63) is 42.2 Å². The summed E-state index contributed by atoms with van der Waals surface area (Å²) in [6.45, 7) is 3.55. The molecule has 0 amide bonds. The van der Waals surface area contributed by atoms with Gasteiger partial charge in [0.05, 0.1) is 26.9 Å². The lowest BCUT2D eigenvalue weighted by atomic mass is 9.76. The quantitative estimate of drug-likeness (QED) is 0.335. The molecule has 0 N–H and O–H groups in total. The molecule has 0 aliphatic carbocycles. The van der Waals surface area contributed by atoms with Gasteiger partial charge in [0.2, 0.25) is 0 Å². The Hall–Kier alpha value is -2.70. The SMILES string of the molecule is C=CCC(C(=O)OC)(C(=O)OC)c1cnccc1C(=O)OC. The molecule has 0 aliphatic heterocycles. The van der Waals surface area contributed by atoms with Gasteiger partial charge in [-0.15, -0.1) is 6.58 Å². The Morgan fingerprint density at radius 3 is 2.23 bits per heavy atom. The van der Waals surface area contributed by atoms with Crippen LogP contribution < -0.4 is 0 Å². The molecule has 1 heterocycles. The first-order chi connectivity index (χ1) is 10.5. The summed E-state index contributed by atoms with van der Waals surface area (Å²) in [5.74, 6) is -2.46. The molecular weight excluding hydrogens is 290 g/mol. The minimum atomic E-state index is -1.87. The standard InChI is InChI=1S/C15H17NO6/c1-5-7-15(13(18)21-3,14(19)22-4)11-9-16-8-6-10(11)12(17)20-2/h5-6,8-9H,1,7H2,2-4H3. The van der Waals surface area contributed by atoms with Crippen molar-refractivity contribution in [2.24, 2.45) is 0 Å². The monoisotopic (exact) mass is 307 g/mol. The molecule has 1 aromatic heterocycles. The lowest BCUT2D eigenvalue weighted by Gasteiger charge is -2.28. The Bertz CT molecular complexity index is 579. The number of carbonyl (C=O) groups excluding carboxylic acids is 3. The molecule has 0 unspecified atom stereocenters. The normalized spacial score (nSPS) is 10.5. The van der Waals surface area contributed by atoms with Gasteiger partial charge in [-0.1, -0.05) is 6.08 Å². The minimum Gasteiger partial charge on any atom is -0.468 e. The van der Waals surface area contributed by atoms with Crippen LogP contribution in [0, 0.1) is 0 Å². The number of pyridine rings is 1. The smallest absolute Gasteiger partial charge is 0.338 e. The van der Waals surface area contributed by atoms with Crippen molar-refractivity contribution >= 4 is 17.9 Å². The molecule has 0 bridgehead atoms. The Balaban J connectivity index is 3.71. The zero-order chi connectivity index (χ0) is 16.8. The van der Waals surface area contributed by atoms with Gasteiger partial charge in [-0.05, 0) is 12.5 Å². The number of aromatic nitrogens is 1. The molecule has 0 aromatic carbocycles. The van der Waals surface area contributed by atoms with Gasteiger partial charge in [0.15, 0.2) is 5.41 Å². The predicted molar refractivity (Wildman–Crippen MR) is 76.1 cm³/mol. The molecule has 7 nitrogen and oxygen atoms in total. The first kappa shape index (κ1) is 17.4. The Morgan fingerprint density at radius 1 is 1.18 bits per heavy atom. The van der Waals surface area contributed by atoms with Crippen molar-refractivity contribution in [3.8, 4) is 0 Å². The second-order valence-electron chi connectivity index (χ2n) is 4.29. The molecule has 1 rings (SSSR count). The maximum atomic E-state index is 12.3. The number of nitrogens with zero attached hydrogens (tertiary/aromatic N) is 1. The van der Waals surface area contributed by atoms with Crippen LogP contribution in [0.25, 0.3) is 0 Å². The van der Waals surface area contributed by atoms with Crippen LogP contribution in [0.15, 0.2) is 31.1 Å². The van der Waals surface area contributed by atoms with E-state index in [2.05, 4.69) is 16.3 Å². The topological polar surface area (TPSA) is 91.8 Å². The van der Waals surface area contributed by atoms with E-state index >= 15 is 0 Å². The third-order valence-electron chi connectivity index (χ3n) is 3.20. The summed E-state index contributed by atoms with van der Waals surface area (Å²) in [5, 5.41) is 0. The number of ether oxygens (including phenoxy) is 3. The average molecular weight is 307 g/mol. The third-order valence-corrected chi connectivity index (χ3v) is 3.20. The van der Waals surface area contributed by atoms with E-state index in [1.165, 1.54) is 31.6 Å². The summed E-state index contributed by atoms with van der Waals surface area (Å²) in [7, 11) is 3.46. The third kappa shape index (κ3) is 2.83. The zero-order valence-corrected chi connectivity index (χ0v) is 12.6. The van der Waals surface area contributed by atoms with Crippen LogP contribution in [0.5, 0.6) is 0 Å². The van der Waals surface area contributed by atoms with Crippen molar-refractivity contribution in [2.75, 3.05) is 21.3 Å². The highest BCUT2D eigenvalue weighted by molar-refractivity contribution is 6.09. The van der Waals surface area contributed by atoms with Crippen LogP contribution >= 0.6 is 0 Å². The van der Waals surface area contributed by atoms with Gasteiger partial charge in [-0.25, -0.2) is 4.79 Å². The summed E-state index contributed by atoms with van der Waals surface area (Å²) in [6, 6.07) is 1.35. The van der Waals surface area contributed by atoms with E-state index in [0.717, 1.165) is 14.2 Å². The average Bonchev–Trinajstić information content (AvgIpc) is 2.57. The maximum absolute atomic E-state index is 12.3. The van der Waals surface area contributed by atoms with Crippen LogP contribution in [0.2, 0.25) is 0 Å². The summed E-state index contributed by atoms with van der Waals surface area (Å²) < 4.78 is 14.2. The van der Waals surface area contributed by atoms with Gasteiger partial charge >= 0.3 is 17.9 Å². The highest BCUT2D eigenvalue weighted by Gasteiger charge is 2.51. The fraction of sp³-hybridized carbons (Fsp3) is 0.333. The number of hydrogen-bond acceptors (Lipinski definition) is 7. The molecule has 118 valence electrons. The number of esters is 3. The number of methoxy groups -OCH3 is 3. The lowest BCUT2D eigenvalue weighted by molar-refractivity contribution is -0.161. The van der Waals surface area contributed by atoms with Crippen molar-refractivity contribution in [1.82, 2.24) is 4.98 Å². The van der Waals surface area contributed by atoms with Crippen LogP contribution in [0.1, 0.15) is 22.3 Å². The van der Waals surface area contributed by atoms with Crippen LogP contribution in [-0.2, 0) is 29.2 Å². The molecule has 0 saturated heterocycles. The molecule has 1 aromatic rings. The van der Waals surface area contributed by atoms with E-state index in [4.69, 9.17) is 9.47 Å². The van der Waals surface area contributed by atoms with Crippen molar-refractivity contribution in [2.45, 2.75) is 11.8 Å². The molecule has 0 saturated carbocycles. The first-order valence-corrected chi connectivity index (χ1v) is 6.30. The Labute approximate surface area is 127 Å². The van der Waals surface area contributed by atoms with Crippen LogP contribution in [-0.4, -0.2) is 44.2 Å².